The summed E-state index contributed by atoms with van der Waals surface area (Å²) in [7, 11) is 0. The lowest BCUT2D eigenvalue weighted by atomic mass is 9.93. The van der Waals surface area contributed by atoms with Crippen LogP contribution in [0.1, 0.15) is 56.1 Å². The molecule has 1 fully saturated rings. The van der Waals surface area contributed by atoms with Crippen molar-refractivity contribution in [1.82, 2.24) is 15.2 Å². The second kappa shape index (κ2) is 10.2. The third-order valence-electron chi connectivity index (χ3n) is 5.85. The molecular weight excluding hydrogens is 412 g/mol. The minimum Gasteiger partial charge on any atom is -0.351 e. The maximum Gasteiger partial charge on any atom is 0.274 e. The zero-order valence-corrected chi connectivity index (χ0v) is 19.2. The highest BCUT2D eigenvalue weighted by molar-refractivity contribution is 6.30. The molecule has 2 amide bonds. The van der Waals surface area contributed by atoms with E-state index in [2.05, 4.69) is 47.4 Å². The molecule has 2 N–H and O–H groups in total. The van der Waals surface area contributed by atoms with Gasteiger partial charge in [0.15, 0.2) is 0 Å². The average Bonchev–Trinajstić information content (AvgIpc) is 2.74. The van der Waals surface area contributed by atoms with Crippen molar-refractivity contribution in [3.05, 3.63) is 58.9 Å². The number of benzene rings is 1. The molecule has 1 saturated heterocycles. The normalized spacial score (nSPS) is 15.5. The number of nitrogens with zero attached hydrogens (tertiary/aromatic N) is 2. The van der Waals surface area contributed by atoms with Gasteiger partial charge in [0.2, 0.25) is 5.91 Å². The Kier molecular flexibility index (Phi) is 7.68. The Balaban J connectivity index is 1.52. The molecule has 166 valence electrons. The first kappa shape index (κ1) is 23.2. The molecule has 2 aromatic rings. The third-order valence-corrected chi connectivity index (χ3v) is 6.08. The van der Waals surface area contributed by atoms with E-state index >= 15 is 0 Å². The Morgan fingerprint density at radius 2 is 1.94 bits per heavy atom. The number of aromatic nitrogens is 1. The molecule has 3 rings (SSSR count). The highest BCUT2D eigenvalue weighted by atomic mass is 35.5. The predicted octanol–water partition coefficient (Wildman–Crippen LogP) is 4.50. The monoisotopic (exact) mass is 442 g/mol. The van der Waals surface area contributed by atoms with E-state index in [1.807, 2.05) is 18.2 Å². The number of carbonyl (C=O) groups is 2. The van der Waals surface area contributed by atoms with E-state index in [0.717, 1.165) is 50.1 Å². The van der Waals surface area contributed by atoms with Crippen molar-refractivity contribution in [3.8, 4) is 0 Å². The number of halogens is 1. The first-order chi connectivity index (χ1) is 14.8. The molecule has 7 heteroatoms. The van der Waals surface area contributed by atoms with Gasteiger partial charge in [-0.2, -0.15) is 0 Å². The maximum atomic E-state index is 12.5. The molecule has 1 aliphatic rings. The minimum absolute atomic E-state index is 0.0829. The highest BCUT2D eigenvalue weighted by Gasteiger charge is 2.28. The van der Waals surface area contributed by atoms with Gasteiger partial charge in [0, 0.05) is 29.9 Å². The predicted molar refractivity (Wildman–Crippen MR) is 124 cm³/mol. The van der Waals surface area contributed by atoms with Gasteiger partial charge in [-0.05, 0) is 76.0 Å². The van der Waals surface area contributed by atoms with Gasteiger partial charge in [-0.1, -0.05) is 30.7 Å². The van der Waals surface area contributed by atoms with Gasteiger partial charge in [-0.15, -0.1) is 0 Å². The Morgan fingerprint density at radius 1 is 1.19 bits per heavy atom. The molecule has 0 aliphatic carbocycles. The zero-order chi connectivity index (χ0) is 22.4. The fourth-order valence-electron chi connectivity index (χ4n) is 3.59. The number of anilines is 1. The molecule has 0 bridgehead atoms. The molecular formula is C24H31ClN4O2. The van der Waals surface area contributed by atoms with Crippen LogP contribution in [0, 0.1) is 5.92 Å². The van der Waals surface area contributed by atoms with E-state index in [4.69, 9.17) is 11.6 Å². The summed E-state index contributed by atoms with van der Waals surface area (Å²) in [5.74, 6) is -0.0118. The fraction of sp³-hybridized carbons (Fsp3) is 0.458. The topological polar surface area (TPSA) is 74.3 Å². The SMILES string of the molecule is CCC(C)(C)NC(=O)C1CCN(Cc2cccc(NC(=O)c3ccc(Cl)cn3)c2)CC1. The van der Waals surface area contributed by atoms with E-state index in [1.54, 1.807) is 12.1 Å². The number of amides is 2. The second-order valence-corrected chi connectivity index (χ2v) is 9.23. The Labute approximate surface area is 189 Å². The quantitative estimate of drug-likeness (QED) is 0.661. The van der Waals surface area contributed by atoms with Crippen molar-refractivity contribution >= 4 is 29.1 Å². The number of likely N-dealkylation sites (tertiary alicyclic amines) is 1. The average molecular weight is 443 g/mol. The lowest BCUT2D eigenvalue weighted by molar-refractivity contribution is -0.128. The van der Waals surface area contributed by atoms with E-state index in [9.17, 15) is 9.59 Å². The third kappa shape index (κ3) is 6.77. The first-order valence-corrected chi connectivity index (χ1v) is 11.2. The van der Waals surface area contributed by atoms with Crippen molar-refractivity contribution < 1.29 is 9.59 Å². The minimum atomic E-state index is -0.268. The van der Waals surface area contributed by atoms with Gasteiger partial charge in [0.25, 0.3) is 5.91 Å². The van der Waals surface area contributed by atoms with Gasteiger partial charge in [-0.25, -0.2) is 4.98 Å². The Bertz CT molecular complexity index is 906. The fourth-order valence-corrected chi connectivity index (χ4v) is 3.70. The number of nitrogens with one attached hydrogen (secondary N) is 2. The van der Waals surface area contributed by atoms with Crippen LogP contribution in [0.15, 0.2) is 42.6 Å². The van der Waals surface area contributed by atoms with Crippen molar-refractivity contribution in [2.24, 2.45) is 5.92 Å². The molecule has 6 nitrogen and oxygen atoms in total. The standard InChI is InChI=1S/C24H31ClN4O2/c1-4-24(2,3)28-22(30)18-10-12-29(13-11-18)16-17-6-5-7-20(14-17)27-23(31)21-9-8-19(25)15-26-21/h5-9,14-15,18H,4,10-13,16H2,1-3H3,(H,27,31)(H,28,30). The molecule has 1 aliphatic heterocycles. The van der Waals surface area contributed by atoms with E-state index < -0.39 is 0 Å². The summed E-state index contributed by atoms with van der Waals surface area (Å²) in [5.41, 5.74) is 2.02. The molecule has 1 aromatic carbocycles. The summed E-state index contributed by atoms with van der Waals surface area (Å²) in [5, 5.41) is 6.56. The van der Waals surface area contributed by atoms with E-state index in [1.165, 1.54) is 6.20 Å². The van der Waals surface area contributed by atoms with Crippen LogP contribution >= 0.6 is 11.6 Å². The van der Waals surface area contributed by atoms with E-state index in [0.29, 0.717) is 10.7 Å². The number of hydrogen-bond donors (Lipinski definition) is 2. The van der Waals surface area contributed by atoms with Gasteiger partial charge >= 0.3 is 0 Å². The Morgan fingerprint density at radius 3 is 2.58 bits per heavy atom. The van der Waals surface area contributed by atoms with Crippen LogP contribution in [-0.4, -0.2) is 40.3 Å². The lowest BCUT2D eigenvalue weighted by Gasteiger charge is -2.33. The van der Waals surface area contributed by atoms with Crippen LogP contribution in [-0.2, 0) is 11.3 Å². The summed E-state index contributed by atoms with van der Waals surface area (Å²) in [6.07, 6.45) is 4.10. The van der Waals surface area contributed by atoms with E-state index in [-0.39, 0.29) is 23.3 Å². The van der Waals surface area contributed by atoms with Crippen LogP contribution in [0.4, 0.5) is 5.69 Å². The summed E-state index contributed by atoms with van der Waals surface area (Å²) < 4.78 is 0. The molecule has 0 atom stereocenters. The molecule has 0 radical (unpaired) electrons. The molecule has 31 heavy (non-hydrogen) atoms. The van der Waals surface area contributed by atoms with Crippen molar-refractivity contribution in [1.29, 1.82) is 0 Å². The second-order valence-electron chi connectivity index (χ2n) is 8.79. The number of pyridine rings is 1. The maximum absolute atomic E-state index is 12.5. The van der Waals surface area contributed by atoms with Crippen LogP contribution < -0.4 is 10.6 Å². The highest BCUT2D eigenvalue weighted by Crippen LogP contribution is 2.22. The van der Waals surface area contributed by atoms with Crippen LogP contribution in [0.25, 0.3) is 0 Å². The summed E-state index contributed by atoms with van der Waals surface area (Å²) in [6.45, 7) is 8.78. The first-order valence-electron chi connectivity index (χ1n) is 10.8. The van der Waals surface area contributed by atoms with Crippen LogP contribution in [0.5, 0.6) is 0 Å². The molecule has 0 unspecified atom stereocenters. The number of carbonyl (C=O) groups excluding carboxylic acids is 2. The van der Waals surface area contributed by atoms with Crippen LogP contribution in [0.3, 0.4) is 0 Å². The smallest absolute Gasteiger partial charge is 0.274 e. The summed E-state index contributed by atoms with van der Waals surface area (Å²) in [4.78, 5) is 31.3. The molecule has 2 heterocycles. The molecule has 0 spiro atoms. The Hall–Kier alpha value is -2.44. The van der Waals surface area contributed by atoms with Gasteiger partial charge < -0.3 is 10.6 Å². The summed E-state index contributed by atoms with van der Waals surface area (Å²) >= 11 is 5.83. The van der Waals surface area contributed by atoms with Gasteiger partial charge in [0.05, 0.1) is 5.02 Å². The number of rotatable bonds is 7. The zero-order valence-electron chi connectivity index (χ0n) is 18.5. The van der Waals surface area contributed by atoms with Gasteiger partial charge in [0.1, 0.15) is 5.69 Å². The lowest BCUT2D eigenvalue weighted by Crippen LogP contribution is -2.48. The summed E-state index contributed by atoms with van der Waals surface area (Å²) in [6, 6.07) is 11.1. The molecule has 0 saturated carbocycles. The van der Waals surface area contributed by atoms with Crippen LogP contribution in [0.2, 0.25) is 5.02 Å². The van der Waals surface area contributed by atoms with Crippen molar-refractivity contribution in [2.75, 3.05) is 18.4 Å². The van der Waals surface area contributed by atoms with Gasteiger partial charge in [-0.3, -0.25) is 14.5 Å². The largest absolute Gasteiger partial charge is 0.351 e. The number of piperidine rings is 1. The number of hydrogen-bond acceptors (Lipinski definition) is 4. The van der Waals surface area contributed by atoms with Crippen molar-refractivity contribution in [3.63, 3.8) is 0 Å². The van der Waals surface area contributed by atoms with Crippen molar-refractivity contribution in [2.45, 2.75) is 52.1 Å². The molecule has 1 aromatic heterocycles.